The van der Waals surface area contributed by atoms with Gasteiger partial charge in [0.05, 0.1) is 19.3 Å². The number of carbonyl (C=O) groups is 4. The van der Waals surface area contributed by atoms with Crippen molar-refractivity contribution >= 4 is 24.1 Å². The lowest BCUT2D eigenvalue weighted by Crippen LogP contribution is -2.54. The smallest absolute Gasteiger partial charge is 0.407 e. The standard InChI is InChI=1S/C34H44FN3O9/c1-23(31(40)43-2)38-30(39)15-14-27-19-29(45-33(42)36-18-16-24-10-12-26(35)13-11-24)20-34(46-27)17-6-9-28(47-34)22-44-32(41)37-21-25-7-4-3-5-8-25/h3-5,7-8,10-13,23,27-29H,6,9,14-22H2,1-2H3,(H,36,42)(H,37,41)(H,38,39)/t23-,27?,28?,29?,34?/m0/s1. The number of ether oxygens (including phenoxy) is 5. The maximum Gasteiger partial charge on any atom is 0.407 e. The molecule has 2 aliphatic rings. The first-order valence-corrected chi connectivity index (χ1v) is 16.0. The SMILES string of the molecule is COC(=O)[C@H](C)NC(=O)CCC1CC(OC(=O)NCCc2ccc(F)cc2)CC2(CCCC(COC(=O)NCc3ccccc3)O2)O1. The zero-order valence-corrected chi connectivity index (χ0v) is 26.8. The molecular weight excluding hydrogens is 613 g/mol. The van der Waals surface area contributed by atoms with Gasteiger partial charge in [-0.25, -0.2) is 18.8 Å². The van der Waals surface area contributed by atoms with Gasteiger partial charge in [-0.3, -0.25) is 4.79 Å². The van der Waals surface area contributed by atoms with Crippen molar-refractivity contribution in [2.75, 3.05) is 20.3 Å². The van der Waals surface area contributed by atoms with Gasteiger partial charge in [0.2, 0.25) is 5.91 Å². The molecule has 4 unspecified atom stereocenters. The van der Waals surface area contributed by atoms with Gasteiger partial charge >= 0.3 is 18.2 Å². The molecule has 2 aromatic rings. The van der Waals surface area contributed by atoms with Crippen molar-refractivity contribution in [3.05, 3.63) is 71.5 Å². The van der Waals surface area contributed by atoms with Gasteiger partial charge in [-0.2, -0.15) is 0 Å². The van der Waals surface area contributed by atoms with Crippen LogP contribution in [0.2, 0.25) is 0 Å². The summed E-state index contributed by atoms with van der Waals surface area (Å²) in [6, 6.07) is 14.7. The number of hydrogen-bond acceptors (Lipinski definition) is 9. The van der Waals surface area contributed by atoms with Crippen LogP contribution in [0.3, 0.4) is 0 Å². The van der Waals surface area contributed by atoms with E-state index < -0.39 is 48.3 Å². The Morgan fingerprint density at radius 2 is 1.72 bits per heavy atom. The molecule has 12 nitrogen and oxygen atoms in total. The fourth-order valence-corrected chi connectivity index (χ4v) is 5.75. The molecule has 3 amide bonds. The van der Waals surface area contributed by atoms with Crippen LogP contribution in [-0.2, 0) is 46.2 Å². The zero-order valence-electron chi connectivity index (χ0n) is 26.8. The predicted octanol–water partition coefficient (Wildman–Crippen LogP) is 4.29. The minimum Gasteiger partial charge on any atom is -0.467 e. The third-order valence-electron chi connectivity index (χ3n) is 8.09. The van der Waals surface area contributed by atoms with Gasteiger partial charge < -0.3 is 39.6 Å². The average molecular weight is 658 g/mol. The highest BCUT2D eigenvalue weighted by molar-refractivity contribution is 5.84. The summed E-state index contributed by atoms with van der Waals surface area (Å²) in [7, 11) is 1.25. The maximum atomic E-state index is 13.2. The van der Waals surface area contributed by atoms with Crippen molar-refractivity contribution in [2.45, 2.75) is 95.0 Å². The van der Waals surface area contributed by atoms with Gasteiger partial charge in [0, 0.05) is 38.8 Å². The van der Waals surface area contributed by atoms with Gasteiger partial charge in [0.1, 0.15) is 24.6 Å². The molecule has 13 heteroatoms. The molecule has 2 aliphatic heterocycles. The van der Waals surface area contributed by atoms with E-state index in [2.05, 4.69) is 20.7 Å². The molecule has 256 valence electrons. The number of halogens is 1. The maximum absolute atomic E-state index is 13.2. The Morgan fingerprint density at radius 3 is 2.47 bits per heavy atom. The second kappa shape index (κ2) is 17.6. The molecule has 2 heterocycles. The average Bonchev–Trinajstić information content (AvgIpc) is 3.06. The van der Waals surface area contributed by atoms with E-state index in [1.54, 1.807) is 12.1 Å². The number of carbonyl (C=O) groups excluding carboxylic acids is 4. The molecule has 0 radical (unpaired) electrons. The highest BCUT2D eigenvalue weighted by Gasteiger charge is 2.47. The molecule has 4 rings (SSSR count). The van der Waals surface area contributed by atoms with Crippen LogP contribution in [0.4, 0.5) is 14.0 Å². The fraction of sp³-hybridized carbons (Fsp3) is 0.529. The number of nitrogens with one attached hydrogen (secondary N) is 3. The lowest BCUT2D eigenvalue weighted by molar-refractivity contribution is -0.329. The van der Waals surface area contributed by atoms with E-state index in [0.717, 1.165) is 17.5 Å². The van der Waals surface area contributed by atoms with Crippen molar-refractivity contribution in [1.29, 1.82) is 0 Å². The summed E-state index contributed by atoms with van der Waals surface area (Å²) in [6.07, 6.45) is 0.650. The van der Waals surface area contributed by atoms with Crippen molar-refractivity contribution in [3.8, 4) is 0 Å². The van der Waals surface area contributed by atoms with E-state index in [0.29, 0.717) is 45.2 Å². The molecular formula is C34H44FN3O9. The van der Waals surface area contributed by atoms with Gasteiger partial charge in [-0.1, -0.05) is 42.5 Å². The van der Waals surface area contributed by atoms with E-state index in [4.69, 9.17) is 18.9 Å². The number of esters is 1. The highest BCUT2D eigenvalue weighted by atomic mass is 19.1. The molecule has 2 saturated heterocycles. The van der Waals surface area contributed by atoms with Gasteiger partial charge in [-0.15, -0.1) is 0 Å². The molecule has 1 spiro atoms. The lowest BCUT2D eigenvalue weighted by atomic mass is 9.90. The van der Waals surface area contributed by atoms with Crippen molar-refractivity contribution < 1.29 is 47.3 Å². The number of amides is 3. The topological polar surface area (TPSA) is 151 Å². The van der Waals surface area contributed by atoms with Crippen LogP contribution in [0.25, 0.3) is 0 Å². The van der Waals surface area contributed by atoms with E-state index in [1.807, 2.05) is 30.3 Å². The Balaban J connectivity index is 1.33. The van der Waals surface area contributed by atoms with Crippen LogP contribution in [0.5, 0.6) is 0 Å². The molecule has 0 aliphatic carbocycles. The zero-order chi connectivity index (χ0) is 33.6. The number of methoxy groups -OCH3 is 1. The van der Waals surface area contributed by atoms with E-state index in [1.165, 1.54) is 26.2 Å². The summed E-state index contributed by atoms with van der Waals surface area (Å²) in [5, 5.41) is 8.08. The number of hydrogen-bond donors (Lipinski definition) is 3. The Bertz CT molecular complexity index is 1330. The minimum atomic E-state index is -1.11. The predicted molar refractivity (Wildman–Crippen MR) is 167 cm³/mol. The Labute approximate surface area is 274 Å². The van der Waals surface area contributed by atoms with E-state index in [9.17, 15) is 23.6 Å². The van der Waals surface area contributed by atoms with Crippen molar-refractivity contribution in [2.24, 2.45) is 0 Å². The highest BCUT2D eigenvalue weighted by Crippen LogP contribution is 2.41. The largest absolute Gasteiger partial charge is 0.467 e. The van der Waals surface area contributed by atoms with Crippen LogP contribution in [-0.4, -0.2) is 74.5 Å². The second-order valence-corrected chi connectivity index (χ2v) is 11.8. The molecule has 5 atom stereocenters. The quantitative estimate of drug-likeness (QED) is 0.212. The molecule has 47 heavy (non-hydrogen) atoms. The Morgan fingerprint density at radius 1 is 0.979 bits per heavy atom. The van der Waals surface area contributed by atoms with Gasteiger partial charge in [0.15, 0.2) is 5.79 Å². The monoisotopic (exact) mass is 657 g/mol. The first kappa shape index (κ1) is 35.6. The van der Waals surface area contributed by atoms with Crippen LogP contribution < -0.4 is 16.0 Å². The molecule has 2 fully saturated rings. The van der Waals surface area contributed by atoms with Crippen LogP contribution in [0.15, 0.2) is 54.6 Å². The first-order valence-electron chi connectivity index (χ1n) is 16.0. The fourth-order valence-electron chi connectivity index (χ4n) is 5.75. The molecule has 0 saturated carbocycles. The minimum absolute atomic E-state index is 0.0135. The molecule has 3 N–H and O–H groups in total. The number of rotatable bonds is 13. The summed E-state index contributed by atoms with van der Waals surface area (Å²) in [5.74, 6) is -2.34. The van der Waals surface area contributed by atoms with Crippen molar-refractivity contribution in [3.63, 3.8) is 0 Å². The Kier molecular flexibility index (Phi) is 13.4. The number of benzene rings is 2. The number of alkyl carbamates (subject to hydrolysis) is 2. The molecule has 0 aromatic heterocycles. The Hall–Kier alpha value is -4.23. The van der Waals surface area contributed by atoms with Gasteiger partial charge in [0.25, 0.3) is 0 Å². The third kappa shape index (κ3) is 11.8. The second-order valence-electron chi connectivity index (χ2n) is 11.8. The molecule has 0 bridgehead atoms. The van der Waals surface area contributed by atoms with E-state index in [-0.39, 0.29) is 31.2 Å². The molecule has 2 aromatic carbocycles. The first-order chi connectivity index (χ1) is 22.6. The third-order valence-corrected chi connectivity index (χ3v) is 8.09. The van der Waals surface area contributed by atoms with Gasteiger partial charge in [-0.05, 0) is 55.9 Å². The summed E-state index contributed by atoms with van der Waals surface area (Å²) in [6.45, 7) is 2.17. The summed E-state index contributed by atoms with van der Waals surface area (Å²) >= 11 is 0. The lowest BCUT2D eigenvalue weighted by Gasteiger charge is -2.47. The van der Waals surface area contributed by atoms with Crippen LogP contribution in [0.1, 0.15) is 63.0 Å². The normalized spacial score (nSPS) is 22.8. The van der Waals surface area contributed by atoms with Crippen molar-refractivity contribution in [1.82, 2.24) is 16.0 Å². The van der Waals surface area contributed by atoms with Crippen LogP contribution >= 0.6 is 0 Å². The van der Waals surface area contributed by atoms with E-state index >= 15 is 0 Å². The van der Waals surface area contributed by atoms with Crippen LogP contribution in [0, 0.1) is 5.82 Å². The summed E-state index contributed by atoms with van der Waals surface area (Å²) in [4.78, 5) is 49.4. The summed E-state index contributed by atoms with van der Waals surface area (Å²) < 4.78 is 42.0. The summed E-state index contributed by atoms with van der Waals surface area (Å²) in [5.41, 5.74) is 1.81.